The standard InChI is InChI=1S/C17H21ClFN3O2/c1-2-6-20-16(23)12-21-7-3-8-22(10-9-21)17(24)14-5-4-13(18)11-15(14)19/h2,4-5,11H,1,3,6-10,12H2,(H,20,23). The predicted molar refractivity (Wildman–Crippen MR) is 91.6 cm³/mol. The SMILES string of the molecule is C=CCNC(=O)CN1CCCN(C(=O)c2ccc(Cl)cc2F)CC1. The van der Waals surface area contributed by atoms with Crippen molar-refractivity contribution in [2.45, 2.75) is 6.42 Å². The van der Waals surface area contributed by atoms with Gasteiger partial charge in [-0.3, -0.25) is 14.5 Å². The van der Waals surface area contributed by atoms with Crippen LogP contribution in [-0.2, 0) is 4.79 Å². The molecule has 1 aliphatic heterocycles. The average molecular weight is 354 g/mol. The van der Waals surface area contributed by atoms with Gasteiger partial charge < -0.3 is 10.2 Å². The second kappa shape index (κ2) is 8.80. The molecule has 5 nitrogen and oxygen atoms in total. The molecule has 2 amide bonds. The molecule has 0 aromatic heterocycles. The number of carbonyl (C=O) groups excluding carboxylic acids is 2. The maximum atomic E-state index is 13.9. The number of hydrogen-bond acceptors (Lipinski definition) is 3. The smallest absolute Gasteiger partial charge is 0.256 e. The van der Waals surface area contributed by atoms with Crippen molar-refractivity contribution in [2.75, 3.05) is 39.3 Å². The van der Waals surface area contributed by atoms with Crippen LogP contribution < -0.4 is 5.32 Å². The minimum atomic E-state index is -0.614. The minimum absolute atomic E-state index is 0.0246. The van der Waals surface area contributed by atoms with Gasteiger partial charge in [0, 0.05) is 37.7 Å². The molecule has 0 bridgehead atoms. The van der Waals surface area contributed by atoms with E-state index in [2.05, 4.69) is 11.9 Å². The Morgan fingerprint density at radius 2 is 2.08 bits per heavy atom. The molecule has 1 fully saturated rings. The van der Waals surface area contributed by atoms with Gasteiger partial charge in [-0.15, -0.1) is 6.58 Å². The van der Waals surface area contributed by atoms with E-state index in [4.69, 9.17) is 11.6 Å². The van der Waals surface area contributed by atoms with Gasteiger partial charge in [-0.1, -0.05) is 17.7 Å². The van der Waals surface area contributed by atoms with Gasteiger partial charge in [-0.2, -0.15) is 0 Å². The summed E-state index contributed by atoms with van der Waals surface area (Å²) in [5, 5.41) is 2.99. The van der Waals surface area contributed by atoms with Crippen LogP contribution >= 0.6 is 11.6 Å². The fraction of sp³-hybridized carbons (Fsp3) is 0.412. The number of nitrogens with zero attached hydrogens (tertiary/aromatic N) is 2. The van der Waals surface area contributed by atoms with E-state index < -0.39 is 5.82 Å². The molecule has 1 saturated heterocycles. The van der Waals surface area contributed by atoms with Crippen molar-refractivity contribution < 1.29 is 14.0 Å². The van der Waals surface area contributed by atoms with Crippen molar-refractivity contribution in [3.8, 4) is 0 Å². The molecular formula is C17H21ClFN3O2. The summed E-state index contributed by atoms with van der Waals surface area (Å²) in [6.45, 7) is 6.55. The van der Waals surface area contributed by atoms with Crippen LogP contribution in [0, 0.1) is 5.82 Å². The fourth-order valence-electron chi connectivity index (χ4n) is 2.61. The Balaban J connectivity index is 1.93. The Morgan fingerprint density at radius 1 is 1.29 bits per heavy atom. The zero-order valence-electron chi connectivity index (χ0n) is 13.4. The van der Waals surface area contributed by atoms with Gasteiger partial charge >= 0.3 is 0 Å². The molecule has 0 atom stereocenters. The van der Waals surface area contributed by atoms with Crippen LogP contribution in [0.5, 0.6) is 0 Å². The Morgan fingerprint density at radius 3 is 2.79 bits per heavy atom. The van der Waals surface area contributed by atoms with E-state index in [1.54, 1.807) is 11.0 Å². The monoisotopic (exact) mass is 353 g/mol. The third kappa shape index (κ3) is 5.04. The highest BCUT2D eigenvalue weighted by Crippen LogP contribution is 2.17. The topological polar surface area (TPSA) is 52.7 Å². The summed E-state index contributed by atoms with van der Waals surface area (Å²) in [5.41, 5.74) is 0.0246. The maximum Gasteiger partial charge on any atom is 0.256 e. The Labute approximate surface area is 146 Å². The van der Waals surface area contributed by atoms with Crippen LogP contribution in [0.15, 0.2) is 30.9 Å². The highest BCUT2D eigenvalue weighted by atomic mass is 35.5. The lowest BCUT2D eigenvalue weighted by molar-refractivity contribution is -0.122. The number of hydrogen-bond donors (Lipinski definition) is 1. The van der Waals surface area contributed by atoms with Crippen molar-refractivity contribution in [2.24, 2.45) is 0 Å². The van der Waals surface area contributed by atoms with E-state index in [0.717, 1.165) is 12.5 Å². The number of rotatable bonds is 5. The highest BCUT2D eigenvalue weighted by Gasteiger charge is 2.23. The van der Waals surface area contributed by atoms with E-state index in [-0.39, 0.29) is 28.9 Å². The summed E-state index contributed by atoms with van der Waals surface area (Å²) in [7, 11) is 0. The number of halogens is 2. The van der Waals surface area contributed by atoms with Crippen LogP contribution in [0.1, 0.15) is 16.8 Å². The summed E-state index contributed by atoms with van der Waals surface area (Å²) < 4.78 is 13.9. The first-order valence-corrected chi connectivity index (χ1v) is 8.23. The van der Waals surface area contributed by atoms with E-state index in [9.17, 15) is 14.0 Å². The second-order valence-electron chi connectivity index (χ2n) is 5.64. The molecule has 24 heavy (non-hydrogen) atoms. The van der Waals surface area contributed by atoms with Crippen molar-refractivity contribution >= 4 is 23.4 Å². The minimum Gasteiger partial charge on any atom is -0.352 e. The quantitative estimate of drug-likeness (QED) is 0.823. The molecule has 1 N–H and O–H groups in total. The molecule has 0 saturated carbocycles. The van der Waals surface area contributed by atoms with Crippen LogP contribution in [0.25, 0.3) is 0 Å². The van der Waals surface area contributed by atoms with Crippen LogP contribution in [0.3, 0.4) is 0 Å². The number of amides is 2. The van der Waals surface area contributed by atoms with Gasteiger partial charge in [0.15, 0.2) is 0 Å². The van der Waals surface area contributed by atoms with Gasteiger partial charge in [0.25, 0.3) is 5.91 Å². The maximum absolute atomic E-state index is 13.9. The number of carbonyl (C=O) groups is 2. The molecule has 7 heteroatoms. The van der Waals surface area contributed by atoms with Gasteiger partial charge in [-0.25, -0.2) is 4.39 Å². The van der Waals surface area contributed by atoms with Crippen LogP contribution in [0.2, 0.25) is 5.02 Å². The molecular weight excluding hydrogens is 333 g/mol. The third-order valence-corrected chi connectivity index (χ3v) is 4.08. The summed E-state index contributed by atoms with van der Waals surface area (Å²) in [4.78, 5) is 27.9. The molecule has 0 unspecified atom stereocenters. The first-order chi connectivity index (χ1) is 11.5. The van der Waals surface area contributed by atoms with Gasteiger partial charge in [0.1, 0.15) is 5.82 Å². The molecule has 130 valence electrons. The zero-order chi connectivity index (χ0) is 17.5. The lowest BCUT2D eigenvalue weighted by atomic mass is 10.2. The molecule has 0 spiro atoms. The summed E-state index contributed by atoms with van der Waals surface area (Å²) in [6, 6.07) is 4.06. The second-order valence-corrected chi connectivity index (χ2v) is 6.08. The lowest BCUT2D eigenvalue weighted by Gasteiger charge is -2.22. The Bertz CT molecular complexity index is 624. The largest absolute Gasteiger partial charge is 0.352 e. The number of nitrogens with one attached hydrogen (secondary N) is 1. The number of benzene rings is 1. The van der Waals surface area contributed by atoms with Gasteiger partial charge in [-0.05, 0) is 24.6 Å². The van der Waals surface area contributed by atoms with Gasteiger partial charge in [0.2, 0.25) is 5.91 Å². The average Bonchev–Trinajstić information content (AvgIpc) is 2.78. The van der Waals surface area contributed by atoms with Crippen molar-refractivity contribution in [1.82, 2.24) is 15.1 Å². The highest BCUT2D eigenvalue weighted by molar-refractivity contribution is 6.30. The summed E-state index contributed by atoms with van der Waals surface area (Å²) in [5.74, 6) is -1.03. The zero-order valence-corrected chi connectivity index (χ0v) is 14.2. The Hall–Kier alpha value is -1.92. The summed E-state index contributed by atoms with van der Waals surface area (Å²) in [6.07, 6.45) is 2.36. The van der Waals surface area contributed by atoms with Crippen molar-refractivity contribution in [3.63, 3.8) is 0 Å². The molecule has 1 aliphatic rings. The van der Waals surface area contributed by atoms with E-state index in [0.29, 0.717) is 32.7 Å². The van der Waals surface area contributed by atoms with Crippen LogP contribution in [0.4, 0.5) is 4.39 Å². The third-order valence-electron chi connectivity index (χ3n) is 3.85. The van der Waals surface area contributed by atoms with Crippen LogP contribution in [-0.4, -0.2) is 60.9 Å². The predicted octanol–water partition coefficient (Wildman–Crippen LogP) is 1.93. The molecule has 0 radical (unpaired) electrons. The van der Waals surface area contributed by atoms with Crippen molar-refractivity contribution in [1.29, 1.82) is 0 Å². The Kier molecular flexibility index (Phi) is 6.75. The van der Waals surface area contributed by atoms with E-state index >= 15 is 0 Å². The normalized spacial score (nSPS) is 15.7. The molecule has 1 aromatic carbocycles. The fourth-order valence-corrected chi connectivity index (χ4v) is 2.77. The van der Waals surface area contributed by atoms with Crippen molar-refractivity contribution in [3.05, 3.63) is 47.3 Å². The first kappa shape index (κ1) is 18.4. The summed E-state index contributed by atoms with van der Waals surface area (Å²) >= 11 is 5.72. The molecule has 1 heterocycles. The molecule has 2 rings (SSSR count). The lowest BCUT2D eigenvalue weighted by Crippen LogP contribution is -2.40. The molecule has 0 aliphatic carbocycles. The molecule has 1 aromatic rings. The first-order valence-electron chi connectivity index (χ1n) is 7.85. The van der Waals surface area contributed by atoms with Gasteiger partial charge in [0.05, 0.1) is 12.1 Å². The van der Waals surface area contributed by atoms with E-state index in [1.807, 2.05) is 4.90 Å². The van der Waals surface area contributed by atoms with E-state index in [1.165, 1.54) is 12.1 Å².